The first-order valence-electron chi connectivity index (χ1n) is 5.60. The van der Waals surface area contributed by atoms with Crippen LogP contribution in [0.2, 0.25) is 0 Å². The predicted octanol–water partition coefficient (Wildman–Crippen LogP) is 2.48. The molecule has 0 bridgehead atoms. The van der Waals surface area contributed by atoms with E-state index in [-0.39, 0.29) is 5.95 Å². The molecule has 3 rings (SSSR count). The summed E-state index contributed by atoms with van der Waals surface area (Å²) in [4.78, 5) is 12.6. The molecule has 2 heterocycles. The summed E-state index contributed by atoms with van der Waals surface area (Å²) in [6.07, 6.45) is 0. The number of oxazole rings is 1. The highest BCUT2D eigenvalue weighted by Crippen LogP contribution is 2.24. The van der Waals surface area contributed by atoms with Crippen LogP contribution >= 0.6 is 0 Å². The largest absolute Gasteiger partial charge is 0.441 e. The molecule has 90 valence electrons. The standard InChI is InChI=1S/C13H12N4O/c1-7-5-10(17-13(14)15-7)9-3-4-12-11(6-9)16-8(2)18-12/h3-6H,1-2H3,(H2,14,15,17). The van der Waals surface area contributed by atoms with Crippen molar-refractivity contribution in [1.82, 2.24) is 15.0 Å². The van der Waals surface area contributed by atoms with Crippen LogP contribution in [-0.2, 0) is 0 Å². The second kappa shape index (κ2) is 3.80. The number of benzene rings is 1. The van der Waals surface area contributed by atoms with Gasteiger partial charge in [0.1, 0.15) is 5.52 Å². The minimum Gasteiger partial charge on any atom is -0.441 e. The molecule has 0 fully saturated rings. The predicted molar refractivity (Wildman–Crippen MR) is 68.9 cm³/mol. The van der Waals surface area contributed by atoms with Gasteiger partial charge < -0.3 is 10.2 Å². The van der Waals surface area contributed by atoms with Gasteiger partial charge >= 0.3 is 0 Å². The summed E-state index contributed by atoms with van der Waals surface area (Å²) >= 11 is 0. The number of anilines is 1. The van der Waals surface area contributed by atoms with Crippen molar-refractivity contribution >= 4 is 17.0 Å². The molecule has 0 amide bonds. The molecule has 0 saturated heterocycles. The summed E-state index contributed by atoms with van der Waals surface area (Å²) in [5.74, 6) is 0.932. The lowest BCUT2D eigenvalue weighted by molar-refractivity contribution is 0.561. The van der Waals surface area contributed by atoms with Crippen LogP contribution in [0.3, 0.4) is 0 Å². The minimum absolute atomic E-state index is 0.279. The highest BCUT2D eigenvalue weighted by molar-refractivity contribution is 5.79. The molecular weight excluding hydrogens is 228 g/mol. The van der Waals surface area contributed by atoms with Crippen molar-refractivity contribution in [3.8, 4) is 11.3 Å². The van der Waals surface area contributed by atoms with Crippen molar-refractivity contribution in [3.05, 3.63) is 35.9 Å². The van der Waals surface area contributed by atoms with E-state index in [1.54, 1.807) is 0 Å². The third kappa shape index (κ3) is 1.79. The summed E-state index contributed by atoms with van der Waals surface area (Å²) in [6.45, 7) is 3.72. The summed E-state index contributed by atoms with van der Waals surface area (Å²) in [7, 11) is 0. The maximum Gasteiger partial charge on any atom is 0.220 e. The molecule has 2 N–H and O–H groups in total. The second-order valence-corrected chi connectivity index (χ2v) is 4.17. The Balaban J connectivity index is 2.18. The third-order valence-corrected chi connectivity index (χ3v) is 2.66. The molecule has 5 heteroatoms. The average Bonchev–Trinajstić information content (AvgIpc) is 2.66. The Morgan fingerprint density at radius 1 is 1.06 bits per heavy atom. The van der Waals surface area contributed by atoms with Crippen molar-refractivity contribution in [2.45, 2.75) is 13.8 Å². The Bertz CT molecular complexity index is 713. The smallest absolute Gasteiger partial charge is 0.220 e. The number of nitrogen functional groups attached to an aromatic ring is 1. The Kier molecular flexibility index (Phi) is 2.26. The lowest BCUT2D eigenvalue weighted by Gasteiger charge is -2.02. The van der Waals surface area contributed by atoms with Gasteiger partial charge in [-0.25, -0.2) is 15.0 Å². The maximum atomic E-state index is 5.66. The van der Waals surface area contributed by atoms with Crippen molar-refractivity contribution < 1.29 is 4.42 Å². The fourth-order valence-electron chi connectivity index (χ4n) is 1.94. The quantitative estimate of drug-likeness (QED) is 0.707. The average molecular weight is 240 g/mol. The number of nitrogens with two attached hydrogens (primary N) is 1. The van der Waals surface area contributed by atoms with Crippen molar-refractivity contribution in [2.75, 3.05) is 5.73 Å². The van der Waals surface area contributed by atoms with Gasteiger partial charge in [-0.15, -0.1) is 0 Å². The molecule has 5 nitrogen and oxygen atoms in total. The van der Waals surface area contributed by atoms with E-state index in [9.17, 15) is 0 Å². The zero-order chi connectivity index (χ0) is 12.7. The van der Waals surface area contributed by atoms with Gasteiger partial charge in [-0.2, -0.15) is 0 Å². The summed E-state index contributed by atoms with van der Waals surface area (Å²) < 4.78 is 5.44. The maximum absolute atomic E-state index is 5.66. The first kappa shape index (κ1) is 10.7. The first-order chi connectivity index (χ1) is 8.61. The molecule has 3 aromatic rings. The second-order valence-electron chi connectivity index (χ2n) is 4.17. The molecule has 0 spiro atoms. The van der Waals surface area contributed by atoms with Gasteiger partial charge in [-0.1, -0.05) is 0 Å². The number of aromatic nitrogens is 3. The van der Waals surface area contributed by atoms with Gasteiger partial charge in [0.15, 0.2) is 11.5 Å². The molecule has 0 aliphatic rings. The SMILES string of the molecule is Cc1cc(-c2ccc3oc(C)nc3c2)nc(N)n1. The van der Waals surface area contributed by atoms with Crippen LogP contribution in [-0.4, -0.2) is 15.0 Å². The van der Waals surface area contributed by atoms with Crippen LogP contribution in [0.5, 0.6) is 0 Å². The molecule has 0 aliphatic carbocycles. The molecule has 0 atom stereocenters. The van der Waals surface area contributed by atoms with Crippen LogP contribution in [0.4, 0.5) is 5.95 Å². The van der Waals surface area contributed by atoms with E-state index in [1.165, 1.54) is 0 Å². The lowest BCUT2D eigenvalue weighted by atomic mass is 10.1. The van der Waals surface area contributed by atoms with Gasteiger partial charge in [0, 0.05) is 18.2 Å². The zero-order valence-electron chi connectivity index (χ0n) is 10.1. The molecule has 0 radical (unpaired) electrons. The van der Waals surface area contributed by atoms with E-state index in [1.807, 2.05) is 38.1 Å². The summed E-state index contributed by atoms with van der Waals surface area (Å²) in [5.41, 5.74) is 9.84. The molecule has 0 saturated carbocycles. The van der Waals surface area contributed by atoms with Gasteiger partial charge in [0.05, 0.1) is 5.69 Å². The Morgan fingerprint density at radius 3 is 2.67 bits per heavy atom. The summed E-state index contributed by atoms with van der Waals surface area (Å²) in [5, 5.41) is 0. The number of aryl methyl sites for hydroxylation is 2. The summed E-state index contributed by atoms with van der Waals surface area (Å²) in [6, 6.07) is 7.66. The number of fused-ring (bicyclic) bond motifs is 1. The van der Waals surface area contributed by atoms with Crippen molar-refractivity contribution in [3.63, 3.8) is 0 Å². The Hall–Kier alpha value is -2.43. The van der Waals surface area contributed by atoms with E-state index >= 15 is 0 Å². The zero-order valence-corrected chi connectivity index (χ0v) is 10.1. The van der Waals surface area contributed by atoms with Crippen molar-refractivity contribution in [1.29, 1.82) is 0 Å². The van der Waals surface area contributed by atoms with Crippen LogP contribution in [0.25, 0.3) is 22.4 Å². The molecular formula is C13H12N4O. The highest BCUT2D eigenvalue weighted by atomic mass is 16.3. The topological polar surface area (TPSA) is 77.8 Å². The van der Waals surface area contributed by atoms with E-state index in [4.69, 9.17) is 10.2 Å². The van der Waals surface area contributed by atoms with Crippen LogP contribution in [0.15, 0.2) is 28.7 Å². The van der Waals surface area contributed by atoms with Gasteiger partial charge in [-0.3, -0.25) is 0 Å². The van der Waals surface area contributed by atoms with Crippen LogP contribution in [0, 0.1) is 13.8 Å². The van der Waals surface area contributed by atoms with Crippen LogP contribution < -0.4 is 5.73 Å². The monoisotopic (exact) mass is 240 g/mol. The van der Waals surface area contributed by atoms with E-state index in [2.05, 4.69) is 15.0 Å². The van der Waals surface area contributed by atoms with Crippen molar-refractivity contribution in [2.24, 2.45) is 0 Å². The van der Waals surface area contributed by atoms with E-state index in [0.29, 0.717) is 5.89 Å². The van der Waals surface area contributed by atoms with Gasteiger partial charge in [0.25, 0.3) is 0 Å². The number of hydrogen-bond donors (Lipinski definition) is 1. The fourth-order valence-corrected chi connectivity index (χ4v) is 1.94. The van der Waals surface area contributed by atoms with Gasteiger partial charge in [-0.05, 0) is 31.2 Å². The highest BCUT2D eigenvalue weighted by Gasteiger charge is 2.07. The molecule has 18 heavy (non-hydrogen) atoms. The number of hydrogen-bond acceptors (Lipinski definition) is 5. The van der Waals surface area contributed by atoms with E-state index < -0.39 is 0 Å². The fraction of sp³-hybridized carbons (Fsp3) is 0.154. The lowest BCUT2D eigenvalue weighted by Crippen LogP contribution is -1.98. The Morgan fingerprint density at radius 2 is 1.89 bits per heavy atom. The third-order valence-electron chi connectivity index (χ3n) is 2.66. The molecule has 0 aliphatic heterocycles. The number of rotatable bonds is 1. The first-order valence-corrected chi connectivity index (χ1v) is 5.60. The normalized spacial score (nSPS) is 11.0. The van der Waals surface area contributed by atoms with E-state index in [0.717, 1.165) is 28.1 Å². The Labute approximate surface area is 104 Å². The molecule has 0 unspecified atom stereocenters. The van der Waals surface area contributed by atoms with Crippen LogP contribution in [0.1, 0.15) is 11.6 Å². The molecule has 2 aromatic heterocycles. The van der Waals surface area contributed by atoms with Gasteiger partial charge in [0.2, 0.25) is 5.95 Å². The number of nitrogens with zero attached hydrogens (tertiary/aromatic N) is 3. The minimum atomic E-state index is 0.279. The molecule has 1 aromatic carbocycles.